The van der Waals surface area contributed by atoms with Crippen LogP contribution in [-0.4, -0.2) is 57.6 Å². The van der Waals surface area contributed by atoms with Crippen molar-refractivity contribution in [3.63, 3.8) is 0 Å². The van der Waals surface area contributed by atoms with Gasteiger partial charge in [-0.1, -0.05) is 136 Å². The van der Waals surface area contributed by atoms with Gasteiger partial charge < -0.3 is 20.3 Å². The number of anilines is 1. The molecule has 2 heterocycles. The van der Waals surface area contributed by atoms with Crippen molar-refractivity contribution in [3.05, 3.63) is 105 Å². The topological polar surface area (TPSA) is 123 Å². The van der Waals surface area contributed by atoms with E-state index in [1.165, 1.54) is 38.3 Å². The predicted molar refractivity (Wildman–Crippen MR) is 211 cm³/mol. The molecule has 2 N–H and O–H groups in total. The van der Waals surface area contributed by atoms with Gasteiger partial charge in [-0.25, -0.2) is 9.48 Å². The van der Waals surface area contributed by atoms with Crippen LogP contribution < -0.4 is 10.6 Å². The van der Waals surface area contributed by atoms with Gasteiger partial charge >= 0.3 is 6.09 Å². The van der Waals surface area contributed by atoms with E-state index in [2.05, 4.69) is 22.7 Å². The molecule has 0 bridgehead atoms. The molecule has 0 radical (unpaired) electrons. The molecule has 284 valence electrons. The molecule has 3 amide bonds. The summed E-state index contributed by atoms with van der Waals surface area (Å²) in [6.45, 7) is 2.96. The van der Waals surface area contributed by atoms with E-state index in [1.54, 1.807) is 23.1 Å². The fourth-order valence-corrected chi connectivity index (χ4v) is 7.80. The second-order valence-electron chi connectivity index (χ2n) is 14.0. The number of likely N-dealkylation sites (tertiary alicyclic amines) is 1. The summed E-state index contributed by atoms with van der Waals surface area (Å²) in [6.07, 6.45) is 11.7. The zero-order valence-corrected chi connectivity index (χ0v) is 32.1. The summed E-state index contributed by atoms with van der Waals surface area (Å²) in [5, 5.41) is 10.3. The van der Waals surface area contributed by atoms with Gasteiger partial charge in [0.15, 0.2) is 11.8 Å². The summed E-state index contributed by atoms with van der Waals surface area (Å²) in [5.74, 6) is -1.46. The van der Waals surface area contributed by atoms with Gasteiger partial charge in [-0.15, -0.1) is 0 Å². The van der Waals surface area contributed by atoms with E-state index in [-0.39, 0.29) is 45.4 Å². The average molecular weight is 773 g/mol. The highest BCUT2D eigenvalue weighted by molar-refractivity contribution is 6.40. The van der Waals surface area contributed by atoms with Crippen LogP contribution in [0.2, 0.25) is 10.0 Å². The predicted octanol–water partition coefficient (Wildman–Crippen LogP) is 10.1. The Hall–Kier alpha value is -4.67. The highest BCUT2D eigenvalue weighted by Crippen LogP contribution is 2.45. The molecule has 1 saturated heterocycles. The molecule has 12 heteroatoms. The maximum absolute atomic E-state index is 13.7. The number of benzene rings is 3. The second kappa shape index (κ2) is 18.6. The van der Waals surface area contributed by atoms with Crippen LogP contribution in [0.25, 0.3) is 11.1 Å². The van der Waals surface area contributed by atoms with Gasteiger partial charge in [0.2, 0.25) is 5.91 Å². The number of amides is 3. The third-order valence-electron chi connectivity index (χ3n) is 10.2. The van der Waals surface area contributed by atoms with Crippen molar-refractivity contribution < 1.29 is 23.9 Å². The van der Waals surface area contributed by atoms with Crippen molar-refractivity contribution in [2.24, 2.45) is 0 Å². The number of nitrogens with zero attached hydrogens (tertiary/aromatic N) is 3. The minimum atomic E-state index is -0.634. The fourth-order valence-electron chi connectivity index (χ4n) is 7.23. The molecule has 1 aliphatic heterocycles. The van der Waals surface area contributed by atoms with Crippen molar-refractivity contribution in [3.8, 4) is 11.1 Å². The van der Waals surface area contributed by atoms with Crippen LogP contribution in [0, 0.1) is 0 Å². The van der Waals surface area contributed by atoms with Gasteiger partial charge in [-0.05, 0) is 42.5 Å². The lowest BCUT2D eigenvalue weighted by molar-refractivity contribution is 0.0682. The number of hydrogen-bond donors (Lipinski definition) is 2. The van der Waals surface area contributed by atoms with Crippen LogP contribution in [-0.2, 0) is 4.74 Å². The first-order valence-corrected chi connectivity index (χ1v) is 19.8. The summed E-state index contributed by atoms with van der Waals surface area (Å²) in [6, 6.07) is 20.3. The molecule has 4 aromatic rings. The summed E-state index contributed by atoms with van der Waals surface area (Å²) in [7, 11) is 0. The zero-order valence-electron chi connectivity index (χ0n) is 30.6. The zero-order chi connectivity index (χ0) is 38.0. The third kappa shape index (κ3) is 9.33. The Balaban J connectivity index is 1.07. The van der Waals surface area contributed by atoms with Crippen LogP contribution in [0.5, 0.6) is 0 Å². The Bertz CT molecular complexity index is 1910. The smallest absolute Gasteiger partial charge is 0.410 e. The van der Waals surface area contributed by atoms with Gasteiger partial charge in [0.25, 0.3) is 11.8 Å². The fraction of sp³-hybridized carbons (Fsp3) is 0.405. The van der Waals surface area contributed by atoms with Crippen molar-refractivity contribution in [2.75, 3.05) is 18.4 Å². The first-order valence-electron chi connectivity index (χ1n) is 19.1. The SMILES string of the molecule is CCCCCCCCCCCC(=O)n1cc(NC(=O)c2c(Cl)cccc2Cl)c(C(=O)NC2CCN(C(=O)OC3c4ccccc4-c4ccccc43)CC2)n1. The number of aromatic nitrogens is 2. The lowest BCUT2D eigenvalue weighted by Gasteiger charge is -2.32. The number of piperidine rings is 1. The standard InChI is InChI=1S/C42H47Cl2N5O5/c1-2-3-4-5-6-7-8-9-10-22-36(50)49-27-35(46-40(51)37-33(43)20-15-21-34(37)44)38(47-49)41(52)45-28-23-25-48(26-24-28)42(53)54-39-31-18-13-11-16-29(31)30-17-12-14-19-32(30)39/h11-21,27-28,39H,2-10,22-26H2,1H3,(H,45,52)(H,46,51). The monoisotopic (exact) mass is 771 g/mol. The van der Waals surface area contributed by atoms with Gasteiger partial charge in [-0.3, -0.25) is 14.4 Å². The van der Waals surface area contributed by atoms with E-state index in [4.69, 9.17) is 27.9 Å². The molecule has 10 nitrogen and oxygen atoms in total. The minimum absolute atomic E-state index is 0.0461. The molecule has 6 rings (SSSR count). The number of rotatable bonds is 15. The van der Waals surface area contributed by atoms with E-state index in [0.29, 0.717) is 32.4 Å². The number of nitrogens with one attached hydrogen (secondary N) is 2. The number of carbonyl (C=O) groups excluding carboxylic acids is 4. The molecule has 0 saturated carbocycles. The van der Waals surface area contributed by atoms with E-state index in [1.807, 2.05) is 48.5 Å². The molecule has 3 aromatic carbocycles. The third-order valence-corrected chi connectivity index (χ3v) is 10.8. The maximum Gasteiger partial charge on any atom is 0.410 e. The second-order valence-corrected chi connectivity index (χ2v) is 14.8. The Kier molecular flexibility index (Phi) is 13.4. The number of carbonyl (C=O) groups is 4. The van der Waals surface area contributed by atoms with Crippen molar-refractivity contribution in [1.29, 1.82) is 0 Å². The minimum Gasteiger partial charge on any atom is -0.436 e. The molecular weight excluding hydrogens is 725 g/mol. The van der Waals surface area contributed by atoms with Crippen molar-refractivity contribution in [1.82, 2.24) is 20.0 Å². The summed E-state index contributed by atoms with van der Waals surface area (Å²) >= 11 is 12.6. The first-order chi connectivity index (χ1) is 26.2. The van der Waals surface area contributed by atoms with E-state index < -0.39 is 24.0 Å². The van der Waals surface area contributed by atoms with Crippen LogP contribution in [0.1, 0.15) is 127 Å². The molecule has 1 fully saturated rings. The summed E-state index contributed by atoms with van der Waals surface area (Å²) in [5.41, 5.74) is 4.04. The Morgan fingerprint density at radius 1 is 0.759 bits per heavy atom. The van der Waals surface area contributed by atoms with Gasteiger partial charge in [0.05, 0.1) is 27.5 Å². The van der Waals surface area contributed by atoms with Crippen LogP contribution in [0.15, 0.2) is 72.9 Å². The van der Waals surface area contributed by atoms with E-state index in [9.17, 15) is 19.2 Å². The Morgan fingerprint density at radius 2 is 1.33 bits per heavy atom. The molecule has 0 spiro atoms. The van der Waals surface area contributed by atoms with E-state index >= 15 is 0 Å². The summed E-state index contributed by atoms with van der Waals surface area (Å²) in [4.78, 5) is 55.3. The van der Waals surface area contributed by atoms with Crippen LogP contribution >= 0.6 is 23.2 Å². The molecular formula is C42H47Cl2N5O5. The highest BCUT2D eigenvalue weighted by Gasteiger charge is 2.34. The van der Waals surface area contributed by atoms with Crippen molar-refractivity contribution >= 4 is 52.7 Å². The van der Waals surface area contributed by atoms with Gasteiger partial charge in [0, 0.05) is 36.7 Å². The quantitative estimate of drug-likeness (QED) is 0.116. The lowest BCUT2D eigenvalue weighted by Crippen LogP contribution is -2.47. The number of fused-ring (bicyclic) bond motifs is 3. The summed E-state index contributed by atoms with van der Waals surface area (Å²) < 4.78 is 7.21. The molecule has 1 aliphatic carbocycles. The van der Waals surface area contributed by atoms with Crippen LogP contribution in [0.3, 0.4) is 0 Å². The number of halogens is 2. The number of hydrogen-bond acceptors (Lipinski definition) is 6. The molecule has 54 heavy (non-hydrogen) atoms. The highest BCUT2D eigenvalue weighted by atomic mass is 35.5. The molecule has 0 atom stereocenters. The van der Waals surface area contributed by atoms with Gasteiger partial charge in [-0.2, -0.15) is 5.10 Å². The average Bonchev–Trinajstić information content (AvgIpc) is 3.74. The number of ether oxygens (including phenoxy) is 1. The molecule has 2 aliphatic rings. The van der Waals surface area contributed by atoms with Crippen LogP contribution in [0.4, 0.5) is 10.5 Å². The molecule has 0 unspecified atom stereocenters. The Morgan fingerprint density at radius 3 is 1.94 bits per heavy atom. The Labute approximate surface area is 326 Å². The van der Waals surface area contributed by atoms with Gasteiger partial charge in [0.1, 0.15) is 0 Å². The largest absolute Gasteiger partial charge is 0.436 e. The molecule has 1 aromatic heterocycles. The normalized spacial score (nSPS) is 14.0. The number of unbranched alkanes of at least 4 members (excludes halogenated alkanes) is 8. The lowest BCUT2D eigenvalue weighted by atomic mass is 10.1. The maximum atomic E-state index is 13.7. The first kappa shape index (κ1) is 39.0. The van der Waals surface area contributed by atoms with E-state index in [0.717, 1.165) is 46.2 Å². The van der Waals surface area contributed by atoms with Crippen molar-refractivity contribution in [2.45, 2.75) is 96.1 Å².